The van der Waals surface area contributed by atoms with Crippen LogP contribution in [0.1, 0.15) is 22.3 Å². The van der Waals surface area contributed by atoms with Gasteiger partial charge in [0.05, 0.1) is 0 Å². The molecule has 1 aromatic carbocycles. The van der Waals surface area contributed by atoms with Crippen molar-refractivity contribution in [1.29, 1.82) is 0 Å². The zero-order chi connectivity index (χ0) is 20.1. The fourth-order valence-electron chi connectivity index (χ4n) is 2.37. The quantitative estimate of drug-likeness (QED) is 0.183. The predicted octanol–water partition coefficient (Wildman–Crippen LogP) is 1.62. The van der Waals surface area contributed by atoms with Crippen LogP contribution in [0.15, 0.2) is 23.2 Å². The van der Waals surface area contributed by atoms with Crippen LogP contribution in [0.3, 0.4) is 0 Å². The molecule has 0 atom stereocenters. The third kappa shape index (κ3) is 10.8. The summed E-state index contributed by atoms with van der Waals surface area (Å²) in [5, 5.41) is 9.12. The van der Waals surface area contributed by atoms with Crippen molar-refractivity contribution in [2.45, 2.75) is 13.3 Å². The van der Waals surface area contributed by atoms with Crippen molar-refractivity contribution >= 4 is 35.8 Å². The molecule has 0 saturated heterocycles. The van der Waals surface area contributed by atoms with Crippen molar-refractivity contribution in [3.05, 3.63) is 35.1 Å². The van der Waals surface area contributed by atoms with E-state index in [1.807, 2.05) is 0 Å². The topological polar surface area (TPSA) is 78.0 Å². The number of carbonyl (C=O) groups is 1. The lowest BCUT2D eigenvalue weighted by atomic mass is 10.1. The highest BCUT2D eigenvalue weighted by Crippen LogP contribution is 2.08. The van der Waals surface area contributed by atoms with Crippen LogP contribution in [-0.2, 0) is 4.74 Å². The van der Waals surface area contributed by atoms with Crippen LogP contribution in [0.4, 0.5) is 4.39 Å². The Balaban J connectivity index is 0.00000729. The molecule has 160 valence electrons. The number of ether oxygens (including phenoxy) is 1. The fourth-order valence-corrected chi connectivity index (χ4v) is 2.37. The van der Waals surface area contributed by atoms with E-state index in [1.54, 1.807) is 33.2 Å². The second kappa shape index (κ2) is 15.5. The number of hydrogen-bond acceptors (Lipinski definition) is 4. The summed E-state index contributed by atoms with van der Waals surface area (Å²) in [6, 6.07) is 4.47. The number of carbonyl (C=O) groups excluding carboxylic acids is 1. The highest BCUT2D eigenvalue weighted by atomic mass is 127. The van der Waals surface area contributed by atoms with Crippen LogP contribution in [0.5, 0.6) is 0 Å². The Kier molecular flexibility index (Phi) is 14.7. The number of methoxy groups -OCH3 is 1. The number of halogens is 2. The monoisotopic (exact) mass is 509 g/mol. The van der Waals surface area contributed by atoms with Crippen LogP contribution >= 0.6 is 24.0 Å². The number of hydrogen-bond donors (Lipinski definition) is 3. The van der Waals surface area contributed by atoms with Gasteiger partial charge in [0.25, 0.3) is 5.91 Å². The van der Waals surface area contributed by atoms with Crippen LogP contribution in [-0.4, -0.2) is 77.3 Å². The Bertz CT molecular complexity index is 616. The normalized spacial score (nSPS) is 11.1. The van der Waals surface area contributed by atoms with Gasteiger partial charge >= 0.3 is 0 Å². The summed E-state index contributed by atoms with van der Waals surface area (Å²) in [5.74, 6) is 0.00446. The van der Waals surface area contributed by atoms with E-state index in [9.17, 15) is 9.18 Å². The maximum absolute atomic E-state index is 13.5. The van der Waals surface area contributed by atoms with Crippen LogP contribution in [0.2, 0.25) is 0 Å². The summed E-state index contributed by atoms with van der Waals surface area (Å²) >= 11 is 0. The van der Waals surface area contributed by atoms with Gasteiger partial charge in [-0.2, -0.15) is 0 Å². The molecule has 0 fully saturated rings. The largest absolute Gasteiger partial charge is 0.385 e. The number of aryl methyl sites for hydroxylation is 1. The van der Waals surface area contributed by atoms with Crippen molar-refractivity contribution in [3.8, 4) is 0 Å². The van der Waals surface area contributed by atoms with Crippen molar-refractivity contribution in [2.24, 2.45) is 4.99 Å². The summed E-state index contributed by atoms with van der Waals surface area (Å²) in [6.07, 6.45) is 1.00. The molecule has 0 saturated carbocycles. The first kappa shape index (κ1) is 26.5. The minimum absolute atomic E-state index is 0. The predicted molar refractivity (Wildman–Crippen MR) is 122 cm³/mol. The summed E-state index contributed by atoms with van der Waals surface area (Å²) in [7, 11) is 5.47. The second-order valence-electron chi connectivity index (χ2n) is 6.30. The lowest BCUT2D eigenvalue weighted by Crippen LogP contribution is -2.43. The lowest BCUT2D eigenvalue weighted by molar-refractivity contribution is 0.0954. The molecule has 1 aromatic rings. The molecule has 0 bridgehead atoms. The maximum Gasteiger partial charge on any atom is 0.251 e. The number of guanidine groups is 1. The molecule has 0 aliphatic rings. The number of nitrogens with one attached hydrogen (secondary N) is 3. The number of amides is 1. The zero-order valence-electron chi connectivity index (χ0n) is 17.2. The first-order valence-corrected chi connectivity index (χ1v) is 9.14. The van der Waals surface area contributed by atoms with Gasteiger partial charge in [-0.25, -0.2) is 4.39 Å². The van der Waals surface area contributed by atoms with Crippen molar-refractivity contribution in [3.63, 3.8) is 0 Å². The molecule has 7 nitrogen and oxygen atoms in total. The van der Waals surface area contributed by atoms with E-state index >= 15 is 0 Å². The van der Waals surface area contributed by atoms with Crippen LogP contribution in [0.25, 0.3) is 0 Å². The number of aliphatic imine (C=N–C) groups is 1. The molecule has 0 aliphatic carbocycles. The van der Waals surface area contributed by atoms with Crippen molar-refractivity contribution in [1.82, 2.24) is 20.9 Å². The molecule has 28 heavy (non-hydrogen) atoms. The molecule has 3 N–H and O–H groups in total. The van der Waals surface area contributed by atoms with E-state index in [2.05, 4.69) is 32.9 Å². The summed E-state index contributed by atoms with van der Waals surface area (Å²) in [5.41, 5.74) is 0.838. The molecule has 1 amide bonds. The first-order valence-electron chi connectivity index (χ1n) is 9.14. The number of benzene rings is 1. The molecular formula is C19H33FIN5O2. The molecule has 1 rings (SSSR count). The highest BCUT2D eigenvalue weighted by molar-refractivity contribution is 14.0. The van der Waals surface area contributed by atoms with Crippen LogP contribution in [0, 0.1) is 12.7 Å². The van der Waals surface area contributed by atoms with E-state index in [0.717, 1.165) is 32.7 Å². The lowest BCUT2D eigenvalue weighted by Gasteiger charge is -2.18. The molecule has 0 radical (unpaired) electrons. The maximum atomic E-state index is 13.5. The first-order chi connectivity index (χ1) is 13.0. The minimum atomic E-state index is -0.377. The average molecular weight is 509 g/mol. The van der Waals surface area contributed by atoms with E-state index in [0.29, 0.717) is 30.2 Å². The van der Waals surface area contributed by atoms with Gasteiger partial charge in [-0.15, -0.1) is 24.0 Å². The number of nitrogens with zero attached hydrogens (tertiary/aromatic N) is 2. The summed E-state index contributed by atoms with van der Waals surface area (Å²) in [4.78, 5) is 18.4. The van der Waals surface area contributed by atoms with Gasteiger partial charge in [0.15, 0.2) is 5.96 Å². The number of likely N-dealkylation sites (N-methyl/N-ethyl adjacent to an activating group) is 1. The molecule has 0 heterocycles. The third-order valence-corrected chi connectivity index (χ3v) is 4.03. The molecule has 0 unspecified atom stereocenters. The molecule has 0 aliphatic heterocycles. The van der Waals surface area contributed by atoms with Gasteiger partial charge in [0, 0.05) is 59.1 Å². The standard InChI is InChI=1S/C19H32FN5O2.HI/c1-15-6-7-16(14-17(15)20)18(26)22-8-9-23-19(21-2)24-10-12-25(3)11-5-13-27-4;/h6-7,14H,5,8-13H2,1-4H3,(H,22,26)(H2,21,23,24);1H. The highest BCUT2D eigenvalue weighted by Gasteiger charge is 2.07. The Morgan fingerprint density at radius 2 is 1.86 bits per heavy atom. The Morgan fingerprint density at radius 3 is 2.50 bits per heavy atom. The van der Waals surface area contributed by atoms with Crippen molar-refractivity contribution in [2.75, 3.05) is 60.5 Å². The molecule has 0 aromatic heterocycles. The SMILES string of the molecule is CN=C(NCCNC(=O)c1ccc(C)c(F)c1)NCCN(C)CCCOC.I. The second-order valence-corrected chi connectivity index (χ2v) is 6.30. The zero-order valence-corrected chi connectivity index (χ0v) is 19.5. The Labute approximate surface area is 184 Å². The van der Waals surface area contributed by atoms with E-state index in [-0.39, 0.29) is 35.7 Å². The smallest absolute Gasteiger partial charge is 0.251 e. The van der Waals surface area contributed by atoms with Crippen molar-refractivity contribution < 1.29 is 13.9 Å². The third-order valence-electron chi connectivity index (χ3n) is 4.03. The average Bonchev–Trinajstić information content (AvgIpc) is 2.65. The van der Waals surface area contributed by atoms with E-state index < -0.39 is 0 Å². The fraction of sp³-hybridized carbons (Fsp3) is 0.579. The number of rotatable bonds is 11. The van der Waals surface area contributed by atoms with E-state index in [1.165, 1.54) is 6.07 Å². The van der Waals surface area contributed by atoms with E-state index in [4.69, 9.17) is 4.74 Å². The van der Waals surface area contributed by atoms with Gasteiger partial charge in [-0.1, -0.05) is 6.07 Å². The van der Waals surface area contributed by atoms with Gasteiger partial charge in [-0.05, 0) is 38.1 Å². The van der Waals surface area contributed by atoms with Gasteiger partial charge < -0.3 is 25.6 Å². The molecule has 9 heteroatoms. The van der Waals surface area contributed by atoms with Gasteiger partial charge in [0.1, 0.15) is 5.82 Å². The van der Waals surface area contributed by atoms with Gasteiger partial charge in [0.2, 0.25) is 0 Å². The van der Waals surface area contributed by atoms with Gasteiger partial charge in [-0.3, -0.25) is 9.79 Å². The van der Waals surface area contributed by atoms with Crippen LogP contribution < -0.4 is 16.0 Å². The summed E-state index contributed by atoms with van der Waals surface area (Å²) in [6.45, 7) is 5.99. The Morgan fingerprint density at radius 1 is 1.18 bits per heavy atom. The molecular weight excluding hydrogens is 476 g/mol. The minimum Gasteiger partial charge on any atom is -0.385 e. The Hall–Kier alpha value is -1.46. The summed E-state index contributed by atoms with van der Waals surface area (Å²) < 4.78 is 18.6. The molecule has 0 spiro atoms.